The van der Waals surface area contributed by atoms with E-state index in [-0.39, 0.29) is 12.4 Å². The first-order valence-corrected chi connectivity index (χ1v) is 8.70. The zero-order chi connectivity index (χ0) is 18.9. The smallest absolute Gasteiger partial charge is 0.177 e. The van der Waals surface area contributed by atoms with Gasteiger partial charge in [0.2, 0.25) is 0 Å². The second-order valence-electron chi connectivity index (χ2n) is 6.31. The Hall–Kier alpha value is -3.88. The number of aromatic amines is 1. The SMILES string of the molecule is Fc1ccccc1Cn1nc(-c2nc(Cn3ccnc3)n[nH]2)c2cccnc21. The fourth-order valence-electron chi connectivity index (χ4n) is 3.10. The third kappa shape index (κ3) is 2.92. The van der Waals surface area contributed by atoms with E-state index >= 15 is 0 Å². The average molecular weight is 374 g/mol. The first-order valence-electron chi connectivity index (χ1n) is 8.70. The Kier molecular flexibility index (Phi) is 3.90. The summed E-state index contributed by atoms with van der Waals surface area (Å²) < 4.78 is 17.7. The topological polar surface area (TPSA) is 90.1 Å². The van der Waals surface area contributed by atoms with Crippen LogP contribution >= 0.6 is 0 Å². The van der Waals surface area contributed by atoms with Gasteiger partial charge >= 0.3 is 0 Å². The Labute approximate surface area is 158 Å². The van der Waals surface area contributed by atoms with Crippen LogP contribution in [0.1, 0.15) is 11.4 Å². The lowest BCUT2D eigenvalue weighted by Gasteiger charge is -2.04. The largest absolute Gasteiger partial charge is 0.330 e. The minimum atomic E-state index is -0.272. The van der Waals surface area contributed by atoms with Gasteiger partial charge in [0.25, 0.3) is 0 Å². The molecule has 5 rings (SSSR count). The van der Waals surface area contributed by atoms with E-state index in [0.717, 1.165) is 5.39 Å². The molecule has 0 aliphatic rings. The van der Waals surface area contributed by atoms with Gasteiger partial charge in [-0.3, -0.25) is 5.10 Å². The van der Waals surface area contributed by atoms with Crippen LogP contribution in [0.5, 0.6) is 0 Å². The quantitative estimate of drug-likeness (QED) is 0.511. The number of rotatable bonds is 5. The molecule has 9 heteroatoms. The summed E-state index contributed by atoms with van der Waals surface area (Å²) in [5.74, 6) is 0.889. The fraction of sp³-hybridized carbons (Fsp3) is 0.105. The third-order valence-electron chi connectivity index (χ3n) is 4.42. The molecule has 0 atom stereocenters. The molecule has 0 fully saturated rings. The molecule has 4 heterocycles. The number of fused-ring (bicyclic) bond motifs is 1. The zero-order valence-corrected chi connectivity index (χ0v) is 14.7. The highest BCUT2D eigenvalue weighted by atomic mass is 19.1. The zero-order valence-electron chi connectivity index (χ0n) is 14.7. The summed E-state index contributed by atoms with van der Waals surface area (Å²) in [7, 11) is 0. The predicted octanol–water partition coefficient (Wildman–Crippen LogP) is 2.65. The molecule has 0 bridgehead atoms. The molecule has 0 amide bonds. The number of pyridine rings is 1. The van der Waals surface area contributed by atoms with Gasteiger partial charge in [-0.2, -0.15) is 10.2 Å². The maximum absolute atomic E-state index is 14.1. The minimum absolute atomic E-state index is 0.272. The van der Waals surface area contributed by atoms with Crippen molar-refractivity contribution in [3.8, 4) is 11.5 Å². The second kappa shape index (κ2) is 6.69. The van der Waals surface area contributed by atoms with Crippen molar-refractivity contribution in [1.82, 2.24) is 39.5 Å². The van der Waals surface area contributed by atoms with Crippen LogP contribution in [0.3, 0.4) is 0 Å². The van der Waals surface area contributed by atoms with Crippen molar-refractivity contribution in [3.05, 3.63) is 78.5 Å². The standard InChI is InChI=1S/C19H15FN8/c20-15-6-2-1-4-13(15)10-28-19-14(5-3-7-22-19)17(26-28)18-23-16(24-25-18)11-27-9-8-21-12-27/h1-9,12H,10-11H2,(H,23,24,25). The van der Waals surface area contributed by atoms with Crippen LogP contribution in [0.2, 0.25) is 0 Å². The average Bonchev–Trinajstić information content (AvgIpc) is 3.45. The fourth-order valence-corrected chi connectivity index (χ4v) is 3.10. The molecule has 4 aromatic heterocycles. The molecule has 1 aromatic carbocycles. The summed E-state index contributed by atoms with van der Waals surface area (Å²) >= 11 is 0. The Bertz CT molecular complexity index is 1240. The molecule has 0 unspecified atom stereocenters. The van der Waals surface area contributed by atoms with E-state index in [1.165, 1.54) is 6.07 Å². The summed E-state index contributed by atoms with van der Waals surface area (Å²) in [6, 6.07) is 10.4. The number of aromatic nitrogens is 8. The Morgan fingerprint density at radius 3 is 2.82 bits per heavy atom. The molecule has 28 heavy (non-hydrogen) atoms. The van der Waals surface area contributed by atoms with E-state index in [4.69, 9.17) is 0 Å². The number of benzene rings is 1. The van der Waals surface area contributed by atoms with Crippen molar-refractivity contribution in [2.75, 3.05) is 0 Å². The molecule has 0 radical (unpaired) electrons. The molecule has 0 spiro atoms. The number of nitrogens with one attached hydrogen (secondary N) is 1. The van der Waals surface area contributed by atoms with Crippen LogP contribution in [-0.4, -0.2) is 39.5 Å². The molecule has 5 aromatic rings. The summed E-state index contributed by atoms with van der Waals surface area (Å²) in [6.45, 7) is 0.777. The maximum Gasteiger partial charge on any atom is 0.177 e. The van der Waals surface area contributed by atoms with Crippen LogP contribution in [0.15, 0.2) is 61.3 Å². The number of nitrogens with zero attached hydrogens (tertiary/aromatic N) is 7. The summed E-state index contributed by atoms with van der Waals surface area (Å²) in [5, 5.41) is 12.7. The van der Waals surface area contributed by atoms with E-state index in [2.05, 4.69) is 30.2 Å². The lowest BCUT2D eigenvalue weighted by atomic mass is 10.2. The van der Waals surface area contributed by atoms with Crippen LogP contribution in [0.25, 0.3) is 22.6 Å². The second-order valence-corrected chi connectivity index (χ2v) is 6.31. The maximum atomic E-state index is 14.1. The van der Waals surface area contributed by atoms with E-state index in [0.29, 0.717) is 35.1 Å². The number of H-pyrrole nitrogens is 1. The van der Waals surface area contributed by atoms with Crippen molar-refractivity contribution in [2.24, 2.45) is 0 Å². The molecular weight excluding hydrogens is 359 g/mol. The van der Waals surface area contributed by atoms with Gasteiger partial charge in [0.1, 0.15) is 11.5 Å². The van der Waals surface area contributed by atoms with Crippen LogP contribution < -0.4 is 0 Å². The van der Waals surface area contributed by atoms with E-state index in [9.17, 15) is 4.39 Å². The number of hydrogen-bond donors (Lipinski definition) is 1. The molecule has 1 N–H and O–H groups in total. The first-order chi connectivity index (χ1) is 13.8. The summed E-state index contributed by atoms with van der Waals surface area (Å²) in [5.41, 5.74) is 1.83. The number of imidazole rings is 1. The molecule has 138 valence electrons. The Morgan fingerprint density at radius 2 is 1.96 bits per heavy atom. The van der Waals surface area contributed by atoms with Gasteiger partial charge in [0.15, 0.2) is 17.3 Å². The highest BCUT2D eigenvalue weighted by molar-refractivity contribution is 5.89. The van der Waals surface area contributed by atoms with Crippen molar-refractivity contribution in [3.63, 3.8) is 0 Å². The van der Waals surface area contributed by atoms with E-state index in [1.807, 2.05) is 22.9 Å². The molecule has 0 aliphatic carbocycles. The molecule has 0 saturated carbocycles. The van der Waals surface area contributed by atoms with Crippen molar-refractivity contribution < 1.29 is 4.39 Å². The molecule has 8 nitrogen and oxygen atoms in total. The van der Waals surface area contributed by atoms with Crippen LogP contribution in [0.4, 0.5) is 4.39 Å². The lowest BCUT2D eigenvalue weighted by molar-refractivity contribution is 0.589. The first kappa shape index (κ1) is 16.3. The van der Waals surface area contributed by atoms with Gasteiger partial charge in [0.05, 0.1) is 24.8 Å². The summed E-state index contributed by atoms with van der Waals surface area (Å²) in [4.78, 5) is 13.0. The highest BCUT2D eigenvalue weighted by Crippen LogP contribution is 2.25. The van der Waals surface area contributed by atoms with E-state index in [1.54, 1.807) is 41.6 Å². The van der Waals surface area contributed by atoms with Gasteiger partial charge in [-0.05, 0) is 18.2 Å². The normalized spacial score (nSPS) is 11.3. The Balaban J connectivity index is 1.54. The minimum Gasteiger partial charge on any atom is -0.330 e. The molecular formula is C19H15FN8. The van der Waals surface area contributed by atoms with Gasteiger partial charge in [-0.25, -0.2) is 24.0 Å². The van der Waals surface area contributed by atoms with Gasteiger partial charge < -0.3 is 4.57 Å². The van der Waals surface area contributed by atoms with Crippen LogP contribution in [0, 0.1) is 5.82 Å². The molecule has 0 saturated heterocycles. The molecule has 0 aliphatic heterocycles. The predicted molar refractivity (Wildman–Crippen MR) is 99.7 cm³/mol. The van der Waals surface area contributed by atoms with E-state index < -0.39 is 0 Å². The number of halogens is 1. The monoisotopic (exact) mass is 374 g/mol. The van der Waals surface area contributed by atoms with Crippen molar-refractivity contribution >= 4 is 11.0 Å². The highest BCUT2D eigenvalue weighted by Gasteiger charge is 2.17. The van der Waals surface area contributed by atoms with Crippen molar-refractivity contribution in [2.45, 2.75) is 13.1 Å². The van der Waals surface area contributed by atoms with Crippen molar-refractivity contribution in [1.29, 1.82) is 0 Å². The third-order valence-corrected chi connectivity index (χ3v) is 4.42. The van der Waals surface area contributed by atoms with Crippen LogP contribution in [-0.2, 0) is 13.1 Å². The van der Waals surface area contributed by atoms with Gasteiger partial charge in [0, 0.05) is 24.2 Å². The lowest BCUT2D eigenvalue weighted by Crippen LogP contribution is -2.04. The summed E-state index contributed by atoms with van der Waals surface area (Å²) in [6.07, 6.45) is 6.95. The van der Waals surface area contributed by atoms with Gasteiger partial charge in [-0.15, -0.1) is 0 Å². The van der Waals surface area contributed by atoms with Gasteiger partial charge in [-0.1, -0.05) is 18.2 Å². The Morgan fingerprint density at radius 1 is 1.04 bits per heavy atom. The number of hydrogen-bond acceptors (Lipinski definition) is 5.